The van der Waals surface area contributed by atoms with E-state index in [0.717, 1.165) is 56.5 Å². The molecule has 0 saturated carbocycles. The molecule has 7 heteroatoms. The third-order valence-corrected chi connectivity index (χ3v) is 5.61. The summed E-state index contributed by atoms with van der Waals surface area (Å²) in [7, 11) is 0. The summed E-state index contributed by atoms with van der Waals surface area (Å²) in [5, 5.41) is 2.99. The quantitative estimate of drug-likeness (QED) is 0.843. The molecule has 1 N–H and O–H groups in total. The number of rotatable bonds is 6. The first kappa shape index (κ1) is 17.2. The van der Waals surface area contributed by atoms with Gasteiger partial charge in [0.05, 0.1) is 17.0 Å². The lowest BCUT2D eigenvalue weighted by atomic mass is 10.2. The predicted molar refractivity (Wildman–Crippen MR) is 93.0 cm³/mol. The molecule has 1 unspecified atom stereocenters. The van der Waals surface area contributed by atoms with Gasteiger partial charge in [-0.25, -0.2) is 0 Å². The van der Waals surface area contributed by atoms with Crippen molar-refractivity contribution in [3.05, 3.63) is 21.3 Å². The average molecular weight is 358 g/mol. The molecule has 0 aromatic carbocycles. The standard InChI is InChI=1S/C16H24ClN3O2S/c17-15-4-3-14(23-15)11-19-5-7-20(8-6-19)12-16(21)18-10-13-2-1-9-22-13/h3-4,13H,1-2,5-12H2,(H,18,21). The SMILES string of the molecule is O=C(CN1CCN(Cc2ccc(Cl)s2)CC1)NCC1CCCO1. The Morgan fingerprint density at radius 1 is 1.30 bits per heavy atom. The minimum absolute atomic E-state index is 0.110. The summed E-state index contributed by atoms with van der Waals surface area (Å²) >= 11 is 7.62. The fraction of sp³-hybridized carbons (Fsp3) is 0.688. The van der Waals surface area contributed by atoms with E-state index in [1.165, 1.54) is 4.88 Å². The lowest BCUT2D eigenvalue weighted by molar-refractivity contribution is -0.123. The fourth-order valence-electron chi connectivity index (χ4n) is 3.05. The van der Waals surface area contributed by atoms with Gasteiger partial charge in [0.2, 0.25) is 5.91 Å². The molecular formula is C16H24ClN3O2S. The zero-order chi connectivity index (χ0) is 16.1. The van der Waals surface area contributed by atoms with Gasteiger partial charge in [-0.15, -0.1) is 11.3 Å². The number of thiophene rings is 1. The van der Waals surface area contributed by atoms with Crippen LogP contribution in [0.15, 0.2) is 12.1 Å². The maximum Gasteiger partial charge on any atom is 0.234 e. The third kappa shape index (κ3) is 5.43. The van der Waals surface area contributed by atoms with Gasteiger partial charge in [-0.1, -0.05) is 11.6 Å². The number of piperazine rings is 1. The molecule has 0 spiro atoms. The van der Waals surface area contributed by atoms with Crippen molar-refractivity contribution >= 4 is 28.8 Å². The van der Waals surface area contributed by atoms with Gasteiger partial charge < -0.3 is 10.1 Å². The highest BCUT2D eigenvalue weighted by molar-refractivity contribution is 7.16. The summed E-state index contributed by atoms with van der Waals surface area (Å²) in [6.45, 7) is 6.79. The van der Waals surface area contributed by atoms with Crippen LogP contribution in [0.5, 0.6) is 0 Å². The Bertz CT molecular complexity index is 511. The first-order valence-electron chi connectivity index (χ1n) is 8.26. The summed E-state index contributed by atoms with van der Waals surface area (Å²) in [6.07, 6.45) is 2.39. The lowest BCUT2D eigenvalue weighted by Gasteiger charge is -2.34. The smallest absolute Gasteiger partial charge is 0.234 e. The van der Waals surface area contributed by atoms with E-state index in [1.54, 1.807) is 11.3 Å². The lowest BCUT2D eigenvalue weighted by Crippen LogP contribution is -2.49. The molecule has 3 heterocycles. The van der Waals surface area contributed by atoms with Crippen molar-refractivity contribution in [2.24, 2.45) is 0 Å². The van der Waals surface area contributed by atoms with Crippen LogP contribution >= 0.6 is 22.9 Å². The number of hydrogen-bond donors (Lipinski definition) is 1. The fourth-order valence-corrected chi connectivity index (χ4v) is 4.18. The third-order valence-electron chi connectivity index (χ3n) is 4.39. The molecule has 2 aliphatic rings. The van der Waals surface area contributed by atoms with Gasteiger partial charge in [0.1, 0.15) is 0 Å². The molecular weight excluding hydrogens is 334 g/mol. The summed E-state index contributed by atoms with van der Waals surface area (Å²) < 4.78 is 6.37. The number of nitrogens with zero attached hydrogens (tertiary/aromatic N) is 2. The number of carbonyl (C=O) groups is 1. The van der Waals surface area contributed by atoms with E-state index in [9.17, 15) is 4.79 Å². The number of nitrogens with one attached hydrogen (secondary N) is 1. The van der Waals surface area contributed by atoms with Gasteiger partial charge >= 0.3 is 0 Å². The minimum atomic E-state index is 0.110. The Morgan fingerprint density at radius 2 is 2.09 bits per heavy atom. The molecule has 3 rings (SSSR count). The van der Waals surface area contributed by atoms with E-state index in [-0.39, 0.29) is 12.0 Å². The van der Waals surface area contributed by atoms with E-state index < -0.39 is 0 Å². The second kappa shape index (κ2) is 8.44. The Morgan fingerprint density at radius 3 is 2.74 bits per heavy atom. The van der Waals surface area contributed by atoms with Gasteiger partial charge in [-0.05, 0) is 25.0 Å². The first-order chi connectivity index (χ1) is 11.2. The predicted octanol–water partition coefficient (Wildman–Crippen LogP) is 1.81. The monoisotopic (exact) mass is 357 g/mol. The summed E-state index contributed by atoms with van der Waals surface area (Å²) in [4.78, 5) is 18.0. The number of halogens is 1. The highest BCUT2D eigenvalue weighted by Gasteiger charge is 2.21. The van der Waals surface area contributed by atoms with Crippen LogP contribution in [0.1, 0.15) is 17.7 Å². The highest BCUT2D eigenvalue weighted by atomic mass is 35.5. The summed E-state index contributed by atoms with van der Waals surface area (Å²) in [6, 6.07) is 4.05. The molecule has 0 aliphatic carbocycles. The average Bonchev–Trinajstić information content (AvgIpc) is 3.19. The highest BCUT2D eigenvalue weighted by Crippen LogP contribution is 2.23. The first-order valence-corrected chi connectivity index (χ1v) is 9.46. The number of amides is 1. The van der Waals surface area contributed by atoms with Crippen molar-refractivity contribution in [3.63, 3.8) is 0 Å². The topological polar surface area (TPSA) is 44.8 Å². The summed E-state index contributed by atoms with van der Waals surface area (Å²) in [5.74, 6) is 0.110. The Kier molecular flexibility index (Phi) is 6.30. The maximum absolute atomic E-state index is 12.0. The van der Waals surface area contributed by atoms with Gasteiger partial charge in [0, 0.05) is 50.8 Å². The molecule has 23 heavy (non-hydrogen) atoms. The number of hydrogen-bond acceptors (Lipinski definition) is 5. The van der Waals surface area contributed by atoms with Crippen molar-refractivity contribution < 1.29 is 9.53 Å². The molecule has 1 aromatic heterocycles. The Balaban J connectivity index is 1.33. The zero-order valence-electron chi connectivity index (χ0n) is 13.3. The van der Waals surface area contributed by atoms with Gasteiger partial charge in [0.25, 0.3) is 0 Å². The Hall–Kier alpha value is -0.660. The molecule has 1 aromatic rings. The van der Waals surface area contributed by atoms with Crippen molar-refractivity contribution in [2.75, 3.05) is 45.9 Å². The van der Waals surface area contributed by atoms with Crippen LogP contribution in [0.3, 0.4) is 0 Å². The molecule has 2 fully saturated rings. The minimum Gasteiger partial charge on any atom is -0.376 e. The van der Waals surface area contributed by atoms with Crippen LogP contribution in [0.25, 0.3) is 0 Å². The van der Waals surface area contributed by atoms with Crippen molar-refractivity contribution in [2.45, 2.75) is 25.5 Å². The van der Waals surface area contributed by atoms with Crippen LogP contribution in [0.2, 0.25) is 4.34 Å². The van der Waals surface area contributed by atoms with Crippen molar-refractivity contribution in [3.8, 4) is 0 Å². The molecule has 2 aliphatic heterocycles. The van der Waals surface area contributed by atoms with Crippen LogP contribution in [0, 0.1) is 0 Å². The normalized spacial score (nSPS) is 23.3. The molecule has 0 bridgehead atoms. The largest absolute Gasteiger partial charge is 0.376 e. The summed E-state index contributed by atoms with van der Waals surface area (Å²) in [5.41, 5.74) is 0. The molecule has 2 saturated heterocycles. The number of carbonyl (C=O) groups excluding carboxylic acids is 1. The van der Waals surface area contributed by atoms with Gasteiger partial charge in [-0.2, -0.15) is 0 Å². The van der Waals surface area contributed by atoms with Crippen LogP contribution < -0.4 is 5.32 Å². The van der Waals surface area contributed by atoms with Crippen molar-refractivity contribution in [1.29, 1.82) is 0 Å². The van der Waals surface area contributed by atoms with E-state index in [0.29, 0.717) is 13.1 Å². The molecule has 128 valence electrons. The molecule has 5 nitrogen and oxygen atoms in total. The van der Waals surface area contributed by atoms with Crippen LogP contribution in [-0.4, -0.2) is 67.7 Å². The van der Waals surface area contributed by atoms with Gasteiger partial charge in [0.15, 0.2) is 0 Å². The number of ether oxygens (including phenoxy) is 1. The second-order valence-electron chi connectivity index (χ2n) is 6.20. The van der Waals surface area contributed by atoms with Crippen LogP contribution in [0.4, 0.5) is 0 Å². The van der Waals surface area contributed by atoms with E-state index in [1.807, 2.05) is 6.07 Å². The van der Waals surface area contributed by atoms with E-state index in [4.69, 9.17) is 16.3 Å². The second-order valence-corrected chi connectivity index (χ2v) is 8.00. The molecule has 0 radical (unpaired) electrons. The maximum atomic E-state index is 12.0. The Labute approximate surface area is 146 Å². The molecule has 1 amide bonds. The van der Waals surface area contributed by atoms with E-state index >= 15 is 0 Å². The zero-order valence-corrected chi connectivity index (χ0v) is 14.9. The van der Waals surface area contributed by atoms with Crippen molar-refractivity contribution in [1.82, 2.24) is 15.1 Å². The van der Waals surface area contributed by atoms with Crippen LogP contribution in [-0.2, 0) is 16.1 Å². The van der Waals surface area contributed by atoms with Gasteiger partial charge in [-0.3, -0.25) is 14.6 Å². The molecule has 1 atom stereocenters. The van der Waals surface area contributed by atoms with E-state index in [2.05, 4.69) is 21.2 Å².